The summed E-state index contributed by atoms with van der Waals surface area (Å²) in [6.07, 6.45) is 3.14. The van der Waals surface area contributed by atoms with Gasteiger partial charge in [0.2, 0.25) is 5.91 Å². The summed E-state index contributed by atoms with van der Waals surface area (Å²) in [6.45, 7) is 4.62. The number of halogens is 1. The standard InChI is InChI=1S/C16H22BrN3O3S/c1-3-5-9-23-13-8-7-11(10-12(13)17)15(22)18-16(24)20-19-14(21)6-4-2/h7-8,10H,3-6,9H2,1-2H3,(H,19,21)(H2,18,20,22,24). The minimum Gasteiger partial charge on any atom is -0.492 e. The quantitative estimate of drug-likeness (QED) is 0.362. The number of carbonyl (C=O) groups excluding carboxylic acids is 2. The van der Waals surface area contributed by atoms with Crippen molar-refractivity contribution in [3.05, 3.63) is 28.2 Å². The van der Waals surface area contributed by atoms with Crippen molar-refractivity contribution in [2.75, 3.05) is 6.61 Å². The van der Waals surface area contributed by atoms with Crippen molar-refractivity contribution < 1.29 is 14.3 Å². The Balaban J connectivity index is 2.54. The van der Waals surface area contributed by atoms with Crippen molar-refractivity contribution in [2.24, 2.45) is 0 Å². The van der Waals surface area contributed by atoms with Gasteiger partial charge in [-0.3, -0.25) is 25.8 Å². The normalized spacial score (nSPS) is 9.96. The van der Waals surface area contributed by atoms with E-state index in [-0.39, 0.29) is 16.9 Å². The average Bonchev–Trinajstić information content (AvgIpc) is 2.55. The second kappa shape index (κ2) is 11.0. The molecule has 0 heterocycles. The van der Waals surface area contributed by atoms with Crippen molar-refractivity contribution in [1.82, 2.24) is 16.2 Å². The summed E-state index contributed by atoms with van der Waals surface area (Å²) >= 11 is 8.36. The largest absolute Gasteiger partial charge is 0.492 e. The predicted octanol–water partition coefficient (Wildman–Crippen LogP) is 3.06. The molecule has 8 heteroatoms. The van der Waals surface area contributed by atoms with E-state index >= 15 is 0 Å². The highest BCUT2D eigenvalue weighted by Gasteiger charge is 2.11. The van der Waals surface area contributed by atoms with Gasteiger partial charge in [0.15, 0.2) is 5.11 Å². The molecule has 24 heavy (non-hydrogen) atoms. The summed E-state index contributed by atoms with van der Waals surface area (Å²) < 4.78 is 6.31. The fourth-order valence-corrected chi connectivity index (χ4v) is 2.35. The summed E-state index contributed by atoms with van der Waals surface area (Å²) in [4.78, 5) is 23.5. The number of nitrogens with one attached hydrogen (secondary N) is 3. The smallest absolute Gasteiger partial charge is 0.257 e. The number of hydrogen-bond acceptors (Lipinski definition) is 4. The molecule has 0 aliphatic heterocycles. The number of amides is 2. The lowest BCUT2D eigenvalue weighted by Gasteiger charge is -2.12. The van der Waals surface area contributed by atoms with Gasteiger partial charge in [0.1, 0.15) is 5.75 Å². The van der Waals surface area contributed by atoms with Crippen LogP contribution in [-0.4, -0.2) is 23.5 Å². The Morgan fingerprint density at radius 3 is 2.58 bits per heavy atom. The molecule has 0 spiro atoms. The molecule has 132 valence electrons. The van der Waals surface area contributed by atoms with Crippen LogP contribution in [0.2, 0.25) is 0 Å². The first-order valence-electron chi connectivity index (χ1n) is 7.80. The molecule has 3 N–H and O–H groups in total. The molecule has 1 aromatic carbocycles. The molecule has 0 aliphatic carbocycles. The van der Waals surface area contributed by atoms with Gasteiger partial charge >= 0.3 is 0 Å². The summed E-state index contributed by atoms with van der Waals surface area (Å²) in [5.41, 5.74) is 5.33. The zero-order chi connectivity index (χ0) is 17.9. The zero-order valence-electron chi connectivity index (χ0n) is 13.8. The van der Waals surface area contributed by atoms with E-state index in [1.807, 2.05) is 6.92 Å². The Hall–Kier alpha value is -1.67. The van der Waals surface area contributed by atoms with Crippen LogP contribution in [0.15, 0.2) is 22.7 Å². The molecule has 0 atom stereocenters. The van der Waals surface area contributed by atoms with Crippen LogP contribution in [-0.2, 0) is 4.79 Å². The van der Waals surface area contributed by atoms with Gasteiger partial charge in [-0.2, -0.15) is 0 Å². The minimum absolute atomic E-state index is 0.0313. The molecule has 0 unspecified atom stereocenters. The Labute approximate surface area is 155 Å². The molecular weight excluding hydrogens is 394 g/mol. The number of thiocarbonyl (C=S) groups is 1. The van der Waals surface area contributed by atoms with Crippen molar-refractivity contribution in [2.45, 2.75) is 39.5 Å². The lowest BCUT2D eigenvalue weighted by atomic mass is 10.2. The van der Waals surface area contributed by atoms with E-state index in [4.69, 9.17) is 17.0 Å². The summed E-state index contributed by atoms with van der Waals surface area (Å²) in [5.74, 6) is 0.121. The Kier molecular flexibility index (Phi) is 9.33. The molecule has 0 saturated carbocycles. The van der Waals surface area contributed by atoms with Gasteiger partial charge in [0, 0.05) is 12.0 Å². The minimum atomic E-state index is -0.377. The highest BCUT2D eigenvalue weighted by Crippen LogP contribution is 2.26. The fourth-order valence-electron chi connectivity index (χ4n) is 1.71. The van der Waals surface area contributed by atoms with Crippen LogP contribution >= 0.6 is 28.1 Å². The van der Waals surface area contributed by atoms with Gasteiger partial charge in [0.25, 0.3) is 5.91 Å². The number of benzene rings is 1. The van der Waals surface area contributed by atoms with Gasteiger partial charge in [-0.15, -0.1) is 0 Å². The summed E-state index contributed by atoms with van der Waals surface area (Å²) in [6, 6.07) is 5.04. The van der Waals surface area contributed by atoms with Gasteiger partial charge in [-0.05, 0) is 59.2 Å². The molecular formula is C16H22BrN3O3S. The molecule has 0 saturated heterocycles. The first kappa shape index (κ1) is 20.4. The number of carbonyl (C=O) groups is 2. The third-order valence-electron chi connectivity index (χ3n) is 2.97. The van der Waals surface area contributed by atoms with Crippen molar-refractivity contribution in [3.8, 4) is 5.75 Å². The summed E-state index contributed by atoms with van der Waals surface area (Å²) in [5, 5.41) is 2.53. The maximum Gasteiger partial charge on any atom is 0.257 e. The third-order valence-corrected chi connectivity index (χ3v) is 3.79. The first-order chi connectivity index (χ1) is 11.5. The fraction of sp³-hybridized carbons (Fsp3) is 0.438. The van der Waals surface area contributed by atoms with Gasteiger partial charge in [-0.1, -0.05) is 20.3 Å². The van der Waals surface area contributed by atoms with E-state index in [1.54, 1.807) is 18.2 Å². The Morgan fingerprint density at radius 2 is 1.96 bits per heavy atom. The van der Waals surface area contributed by atoms with E-state index in [1.165, 1.54) is 0 Å². The highest BCUT2D eigenvalue weighted by atomic mass is 79.9. The van der Waals surface area contributed by atoms with Crippen LogP contribution in [0.1, 0.15) is 49.9 Å². The summed E-state index contributed by atoms with van der Waals surface area (Å²) in [7, 11) is 0. The van der Waals surface area contributed by atoms with E-state index in [9.17, 15) is 9.59 Å². The van der Waals surface area contributed by atoms with E-state index in [2.05, 4.69) is 39.0 Å². The second-order valence-electron chi connectivity index (χ2n) is 5.05. The molecule has 6 nitrogen and oxygen atoms in total. The number of hydrazine groups is 1. The SMILES string of the molecule is CCCCOc1ccc(C(=O)NC(=S)NNC(=O)CCC)cc1Br. The van der Waals surface area contributed by atoms with Crippen LogP contribution in [0.5, 0.6) is 5.75 Å². The van der Waals surface area contributed by atoms with Crippen molar-refractivity contribution in [1.29, 1.82) is 0 Å². The Bertz CT molecular complexity index is 596. The molecule has 0 bridgehead atoms. The van der Waals surface area contributed by atoms with Gasteiger partial charge < -0.3 is 4.74 Å². The van der Waals surface area contributed by atoms with Gasteiger partial charge in [0.05, 0.1) is 11.1 Å². The zero-order valence-corrected chi connectivity index (χ0v) is 16.2. The number of rotatable bonds is 7. The molecule has 0 aliphatic rings. The topological polar surface area (TPSA) is 79.5 Å². The first-order valence-corrected chi connectivity index (χ1v) is 9.00. The monoisotopic (exact) mass is 415 g/mol. The van der Waals surface area contributed by atoms with Crippen LogP contribution in [0.25, 0.3) is 0 Å². The van der Waals surface area contributed by atoms with Crippen LogP contribution in [0.4, 0.5) is 0 Å². The Morgan fingerprint density at radius 1 is 1.21 bits per heavy atom. The van der Waals surface area contributed by atoms with Gasteiger partial charge in [-0.25, -0.2) is 0 Å². The second-order valence-corrected chi connectivity index (χ2v) is 6.32. The van der Waals surface area contributed by atoms with Crippen LogP contribution in [0, 0.1) is 0 Å². The van der Waals surface area contributed by atoms with E-state index in [0.717, 1.165) is 19.3 Å². The van der Waals surface area contributed by atoms with Crippen molar-refractivity contribution in [3.63, 3.8) is 0 Å². The van der Waals surface area contributed by atoms with Crippen LogP contribution < -0.4 is 20.9 Å². The lowest BCUT2D eigenvalue weighted by Crippen LogP contribution is -2.48. The highest BCUT2D eigenvalue weighted by molar-refractivity contribution is 9.10. The number of ether oxygens (including phenoxy) is 1. The maximum atomic E-state index is 12.1. The lowest BCUT2D eigenvalue weighted by molar-refractivity contribution is -0.121. The maximum absolute atomic E-state index is 12.1. The van der Waals surface area contributed by atoms with Crippen LogP contribution in [0.3, 0.4) is 0 Å². The number of hydrogen-bond donors (Lipinski definition) is 3. The molecule has 1 aromatic rings. The molecule has 0 radical (unpaired) electrons. The molecule has 0 aromatic heterocycles. The number of unbranched alkanes of at least 4 members (excludes halogenated alkanes) is 1. The van der Waals surface area contributed by atoms with Crippen molar-refractivity contribution >= 4 is 45.1 Å². The van der Waals surface area contributed by atoms with E-state index in [0.29, 0.717) is 28.8 Å². The molecule has 0 fully saturated rings. The average molecular weight is 416 g/mol. The predicted molar refractivity (Wildman–Crippen MR) is 101 cm³/mol. The molecule has 2 amide bonds. The van der Waals surface area contributed by atoms with E-state index < -0.39 is 0 Å². The molecule has 1 rings (SSSR count). The third kappa shape index (κ3) is 7.27.